The van der Waals surface area contributed by atoms with Gasteiger partial charge in [0.15, 0.2) is 0 Å². The Morgan fingerprint density at radius 3 is 3.00 bits per heavy atom. The van der Waals surface area contributed by atoms with E-state index in [0.717, 1.165) is 5.52 Å². The van der Waals surface area contributed by atoms with Crippen LogP contribution in [0.15, 0.2) is 18.2 Å². The smallest absolute Gasteiger partial charge is 0.335 e. The topological polar surface area (TPSA) is 78.0 Å². The average molecular weight is 191 g/mol. The van der Waals surface area contributed by atoms with Gasteiger partial charge in [0.1, 0.15) is 0 Å². The Kier molecular flexibility index (Phi) is 1.85. The van der Waals surface area contributed by atoms with E-state index in [9.17, 15) is 4.79 Å². The van der Waals surface area contributed by atoms with Crippen molar-refractivity contribution >= 4 is 23.0 Å². The third kappa shape index (κ3) is 1.28. The zero-order chi connectivity index (χ0) is 10.1. The van der Waals surface area contributed by atoms with E-state index in [1.807, 2.05) is 0 Å². The van der Waals surface area contributed by atoms with Gasteiger partial charge < -0.3 is 15.4 Å². The van der Waals surface area contributed by atoms with Crippen molar-refractivity contribution in [3.63, 3.8) is 0 Å². The zero-order valence-corrected chi connectivity index (χ0v) is 7.53. The van der Waals surface area contributed by atoms with Gasteiger partial charge in [-0.15, -0.1) is 0 Å². The number of hydrogen-bond donors (Lipinski definition) is 3. The Morgan fingerprint density at radius 1 is 1.57 bits per heavy atom. The van der Waals surface area contributed by atoms with Crippen molar-refractivity contribution in [2.45, 2.75) is 0 Å². The molecule has 14 heavy (non-hydrogen) atoms. The van der Waals surface area contributed by atoms with Gasteiger partial charge in [0, 0.05) is 7.05 Å². The van der Waals surface area contributed by atoms with Crippen LogP contribution in [0.1, 0.15) is 10.4 Å². The molecule has 0 saturated carbocycles. The van der Waals surface area contributed by atoms with E-state index in [-0.39, 0.29) is 5.56 Å². The van der Waals surface area contributed by atoms with Crippen molar-refractivity contribution < 1.29 is 9.90 Å². The molecule has 0 spiro atoms. The van der Waals surface area contributed by atoms with Crippen LogP contribution in [0.25, 0.3) is 11.0 Å². The number of nitrogens with one attached hydrogen (secondary N) is 2. The first kappa shape index (κ1) is 8.55. The van der Waals surface area contributed by atoms with Crippen molar-refractivity contribution in [2.75, 3.05) is 12.4 Å². The second kappa shape index (κ2) is 3.02. The number of nitrogens with zero attached hydrogens (tertiary/aromatic N) is 1. The van der Waals surface area contributed by atoms with Crippen LogP contribution < -0.4 is 5.32 Å². The highest BCUT2D eigenvalue weighted by Crippen LogP contribution is 2.15. The highest BCUT2D eigenvalue weighted by atomic mass is 16.4. The number of rotatable bonds is 2. The number of hydrogen-bond acceptors (Lipinski definition) is 3. The summed E-state index contributed by atoms with van der Waals surface area (Å²) >= 11 is 0. The molecule has 2 aromatic rings. The summed E-state index contributed by atoms with van der Waals surface area (Å²) in [6.07, 6.45) is 0. The van der Waals surface area contributed by atoms with Gasteiger partial charge in [-0.25, -0.2) is 9.78 Å². The second-order valence-corrected chi connectivity index (χ2v) is 2.87. The van der Waals surface area contributed by atoms with E-state index in [4.69, 9.17) is 5.11 Å². The molecule has 1 aromatic heterocycles. The van der Waals surface area contributed by atoms with Gasteiger partial charge in [0.25, 0.3) is 0 Å². The molecule has 0 aliphatic heterocycles. The second-order valence-electron chi connectivity index (χ2n) is 2.87. The highest BCUT2D eigenvalue weighted by Gasteiger charge is 2.06. The Hall–Kier alpha value is -2.04. The summed E-state index contributed by atoms with van der Waals surface area (Å²) in [5.41, 5.74) is 1.72. The van der Waals surface area contributed by atoms with Gasteiger partial charge in [0.2, 0.25) is 5.95 Å². The normalized spacial score (nSPS) is 10.4. The lowest BCUT2D eigenvalue weighted by Crippen LogP contribution is -1.94. The van der Waals surface area contributed by atoms with Crippen molar-refractivity contribution in [2.24, 2.45) is 0 Å². The van der Waals surface area contributed by atoms with Crippen LogP contribution in [-0.4, -0.2) is 28.1 Å². The number of imidazole rings is 1. The molecule has 5 nitrogen and oxygen atoms in total. The largest absolute Gasteiger partial charge is 0.478 e. The summed E-state index contributed by atoms with van der Waals surface area (Å²) in [4.78, 5) is 17.8. The summed E-state index contributed by atoms with van der Waals surface area (Å²) in [6, 6.07) is 4.77. The molecule has 0 radical (unpaired) electrons. The van der Waals surface area contributed by atoms with Crippen molar-refractivity contribution in [3.8, 4) is 0 Å². The molecule has 0 aliphatic rings. The van der Waals surface area contributed by atoms with Crippen LogP contribution in [-0.2, 0) is 0 Å². The third-order valence-corrected chi connectivity index (χ3v) is 1.97. The first-order chi connectivity index (χ1) is 6.70. The summed E-state index contributed by atoms with van der Waals surface area (Å²) in [6.45, 7) is 0. The lowest BCUT2D eigenvalue weighted by Gasteiger charge is -1.92. The Bertz CT molecular complexity index is 490. The maximum atomic E-state index is 10.7. The van der Waals surface area contributed by atoms with Gasteiger partial charge in [-0.1, -0.05) is 0 Å². The molecule has 0 unspecified atom stereocenters. The number of fused-ring (bicyclic) bond motifs is 1. The van der Waals surface area contributed by atoms with Gasteiger partial charge in [-0.05, 0) is 18.2 Å². The molecule has 0 amide bonds. The van der Waals surface area contributed by atoms with Crippen LogP contribution in [0.4, 0.5) is 5.95 Å². The van der Waals surface area contributed by atoms with Gasteiger partial charge in [-0.3, -0.25) is 0 Å². The minimum atomic E-state index is -0.937. The summed E-state index contributed by atoms with van der Waals surface area (Å²) in [7, 11) is 1.75. The molecular weight excluding hydrogens is 182 g/mol. The molecule has 0 aliphatic carbocycles. The van der Waals surface area contributed by atoms with E-state index in [1.54, 1.807) is 19.2 Å². The minimum Gasteiger partial charge on any atom is -0.478 e. The number of anilines is 1. The van der Waals surface area contributed by atoms with E-state index in [2.05, 4.69) is 15.3 Å². The van der Waals surface area contributed by atoms with Crippen molar-refractivity contribution in [1.29, 1.82) is 0 Å². The molecule has 1 aromatic carbocycles. The quantitative estimate of drug-likeness (QED) is 0.668. The third-order valence-electron chi connectivity index (χ3n) is 1.97. The van der Waals surface area contributed by atoms with Crippen LogP contribution in [0.2, 0.25) is 0 Å². The van der Waals surface area contributed by atoms with Gasteiger partial charge in [0.05, 0.1) is 16.6 Å². The first-order valence-corrected chi connectivity index (χ1v) is 4.11. The van der Waals surface area contributed by atoms with E-state index in [1.165, 1.54) is 6.07 Å². The lowest BCUT2D eigenvalue weighted by molar-refractivity contribution is 0.0697. The van der Waals surface area contributed by atoms with Gasteiger partial charge in [-0.2, -0.15) is 0 Å². The molecule has 72 valence electrons. The predicted molar refractivity (Wildman–Crippen MR) is 52.6 cm³/mol. The maximum Gasteiger partial charge on any atom is 0.335 e. The van der Waals surface area contributed by atoms with Crippen LogP contribution in [0, 0.1) is 0 Å². The number of aromatic carboxylic acids is 1. The molecule has 3 N–H and O–H groups in total. The van der Waals surface area contributed by atoms with Crippen molar-refractivity contribution in [3.05, 3.63) is 23.8 Å². The Balaban J connectivity index is 2.59. The number of carboxylic acid groups (broad SMARTS) is 1. The molecule has 0 bridgehead atoms. The maximum absolute atomic E-state index is 10.7. The van der Waals surface area contributed by atoms with E-state index >= 15 is 0 Å². The molecule has 0 fully saturated rings. The zero-order valence-electron chi connectivity index (χ0n) is 7.53. The van der Waals surface area contributed by atoms with E-state index in [0.29, 0.717) is 11.5 Å². The molecule has 0 atom stereocenters. The number of aromatic nitrogens is 2. The fourth-order valence-corrected chi connectivity index (χ4v) is 1.26. The van der Waals surface area contributed by atoms with Crippen LogP contribution in [0.3, 0.4) is 0 Å². The van der Waals surface area contributed by atoms with Crippen LogP contribution in [0.5, 0.6) is 0 Å². The van der Waals surface area contributed by atoms with Gasteiger partial charge >= 0.3 is 5.97 Å². The monoisotopic (exact) mass is 191 g/mol. The number of aromatic amines is 1. The number of benzene rings is 1. The van der Waals surface area contributed by atoms with Crippen molar-refractivity contribution in [1.82, 2.24) is 9.97 Å². The predicted octanol–water partition coefficient (Wildman–Crippen LogP) is 1.30. The number of carbonyl (C=O) groups is 1. The highest BCUT2D eigenvalue weighted by molar-refractivity contribution is 5.92. The summed E-state index contributed by atoms with van der Waals surface area (Å²) in [5, 5.41) is 11.6. The number of H-pyrrole nitrogens is 1. The molecule has 0 saturated heterocycles. The fourth-order valence-electron chi connectivity index (χ4n) is 1.26. The molecule has 2 rings (SSSR count). The summed E-state index contributed by atoms with van der Waals surface area (Å²) < 4.78 is 0. The first-order valence-electron chi connectivity index (χ1n) is 4.11. The Labute approximate surface area is 79.8 Å². The SMILES string of the molecule is CNc1nc2ccc(C(=O)O)cc2[nH]1. The minimum absolute atomic E-state index is 0.254. The molecule has 5 heteroatoms. The van der Waals surface area contributed by atoms with E-state index < -0.39 is 5.97 Å². The standard InChI is InChI=1S/C9H9N3O2/c1-10-9-11-6-3-2-5(8(13)14)4-7(6)12-9/h2-4H,1H3,(H,13,14)(H2,10,11,12). The number of carboxylic acids is 1. The molecule has 1 heterocycles. The molecular formula is C9H9N3O2. The fraction of sp³-hybridized carbons (Fsp3) is 0.111. The average Bonchev–Trinajstić information content (AvgIpc) is 2.58. The Morgan fingerprint density at radius 2 is 2.36 bits per heavy atom. The van der Waals surface area contributed by atoms with Crippen LogP contribution >= 0.6 is 0 Å². The lowest BCUT2D eigenvalue weighted by atomic mass is 10.2. The summed E-state index contributed by atoms with van der Waals surface area (Å²) in [5.74, 6) is -0.310.